The Morgan fingerprint density at radius 2 is 0.897 bits per heavy atom. The fourth-order valence-corrected chi connectivity index (χ4v) is 8.79. The molecule has 0 atom stereocenters. The van der Waals surface area contributed by atoms with Crippen LogP contribution in [0.5, 0.6) is 0 Å². The van der Waals surface area contributed by atoms with E-state index >= 15 is 0 Å². The van der Waals surface area contributed by atoms with E-state index in [1.807, 2.05) is 42.5 Å². The first kappa shape index (κ1) is 33.9. The Kier molecular flexibility index (Phi) is 7.80. The van der Waals surface area contributed by atoms with Gasteiger partial charge in [0.05, 0.1) is 0 Å². The fourth-order valence-electron chi connectivity index (χ4n) is 8.79. The van der Waals surface area contributed by atoms with Gasteiger partial charge in [-0.1, -0.05) is 159 Å². The topological polar surface area (TPSA) is 51.8 Å². The molecule has 0 bridgehead atoms. The van der Waals surface area contributed by atoms with Gasteiger partial charge in [-0.05, 0) is 98.1 Å². The van der Waals surface area contributed by atoms with Crippen molar-refractivity contribution in [3.63, 3.8) is 0 Å². The Hall–Kier alpha value is -7.43. The van der Waals surface area contributed by atoms with Gasteiger partial charge in [0, 0.05) is 32.9 Å². The summed E-state index contributed by atoms with van der Waals surface area (Å²) in [5.41, 5.74) is 16.3. The van der Waals surface area contributed by atoms with E-state index in [0.717, 1.165) is 72.0 Å². The predicted molar refractivity (Wildman–Crippen MR) is 237 cm³/mol. The van der Waals surface area contributed by atoms with Gasteiger partial charge in [-0.15, -0.1) is 0 Å². The first-order chi connectivity index (χ1) is 28.5. The number of fused-ring (bicyclic) bond motifs is 6. The van der Waals surface area contributed by atoms with E-state index in [4.69, 9.17) is 19.4 Å². The second-order valence-corrected chi connectivity index (χ2v) is 15.6. The molecule has 2 aromatic heterocycles. The van der Waals surface area contributed by atoms with Gasteiger partial charge in [0.1, 0.15) is 11.2 Å². The van der Waals surface area contributed by atoms with Crippen LogP contribution in [0.25, 0.3) is 101 Å². The van der Waals surface area contributed by atoms with Crippen LogP contribution in [0, 0.1) is 0 Å². The Labute approximate surface area is 337 Å². The number of furan rings is 1. The molecule has 1 aliphatic rings. The molecule has 1 aliphatic carbocycles. The number of hydrogen-bond donors (Lipinski definition) is 0. The van der Waals surface area contributed by atoms with Crippen LogP contribution in [0.3, 0.4) is 0 Å². The zero-order valence-electron chi connectivity index (χ0n) is 32.1. The van der Waals surface area contributed by atoms with Gasteiger partial charge in [-0.2, -0.15) is 0 Å². The Morgan fingerprint density at radius 3 is 1.64 bits per heavy atom. The van der Waals surface area contributed by atoms with Gasteiger partial charge in [0.25, 0.3) is 0 Å². The molecule has 0 N–H and O–H groups in total. The summed E-state index contributed by atoms with van der Waals surface area (Å²) in [4.78, 5) is 15.5. The van der Waals surface area contributed by atoms with E-state index < -0.39 is 0 Å². The van der Waals surface area contributed by atoms with E-state index in [1.165, 1.54) is 22.3 Å². The molecule has 58 heavy (non-hydrogen) atoms. The van der Waals surface area contributed by atoms with Gasteiger partial charge in [0.2, 0.25) is 0 Å². The molecule has 10 aromatic rings. The Balaban J connectivity index is 1.09. The fraction of sp³-hybridized carbons (Fsp3) is 0.0556. The highest BCUT2D eigenvalue weighted by atomic mass is 16.3. The lowest BCUT2D eigenvalue weighted by atomic mass is 9.82. The summed E-state index contributed by atoms with van der Waals surface area (Å²) < 4.78 is 6.53. The standard InChI is InChI=1S/C54H37N3O/c1-54(2)46-23-13-12-21-43(46)45-32-37(26-28-47(45)54)40-29-39(34-15-6-3-7-16-34)30-41(31-40)53-56-51(36-19-10-5-11-20-36)55-52(57-53)38-25-27-44-49(33-38)58-48-24-14-22-42(50(44)48)35-17-8-4-9-18-35/h3-33H,1-2H3. The average molecular weight is 744 g/mol. The number of rotatable bonds is 6. The molecule has 11 rings (SSSR count). The maximum absolute atomic E-state index is 6.53. The Morgan fingerprint density at radius 1 is 0.345 bits per heavy atom. The molecule has 0 saturated carbocycles. The van der Waals surface area contributed by atoms with Crippen LogP contribution in [0.4, 0.5) is 0 Å². The highest BCUT2D eigenvalue weighted by molar-refractivity contribution is 6.13. The van der Waals surface area contributed by atoms with Crippen molar-refractivity contribution in [3.8, 4) is 78.7 Å². The molecule has 2 heterocycles. The van der Waals surface area contributed by atoms with Crippen LogP contribution in [-0.4, -0.2) is 15.0 Å². The Bertz CT molecular complexity index is 3180. The van der Waals surface area contributed by atoms with Crippen molar-refractivity contribution < 1.29 is 4.42 Å². The molecular formula is C54H37N3O. The van der Waals surface area contributed by atoms with E-state index in [2.05, 4.69) is 159 Å². The van der Waals surface area contributed by atoms with Crippen LogP contribution in [0.15, 0.2) is 192 Å². The lowest BCUT2D eigenvalue weighted by Crippen LogP contribution is -2.14. The molecule has 4 nitrogen and oxygen atoms in total. The second kappa shape index (κ2) is 13.4. The smallest absolute Gasteiger partial charge is 0.164 e. The maximum Gasteiger partial charge on any atom is 0.164 e. The highest BCUT2D eigenvalue weighted by Crippen LogP contribution is 2.50. The van der Waals surface area contributed by atoms with Crippen LogP contribution in [0.1, 0.15) is 25.0 Å². The SMILES string of the molecule is CC1(C)c2ccccc2-c2cc(-c3cc(-c4ccccc4)cc(-c4nc(-c5ccccc5)nc(-c5ccc6c(c5)oc5cccc(-c7ccccc7)c56)n4)c3)ccc21. The van der Waals surface area contributed by atoms with Crippen LogP contribution >= 0.6 is 0 Å². The molecule has 0 saturated heterocycles. The third-order valence-electron chi connectivity index (χ3n) is 11.7. The van der Waals surface area contributed by atoms with Gasteiger partial charge < -0.3 is 4.42 Å². The molecular weight excluding hydrogens is 707 g/mol. The summed E-state index contributed by atoms with van der Waals surface area (Å²) >= 11 is 0. The van der Waals surface area contributed by atoms with E-state index in [1.54, 1.807) is 0 Å². The van der Waals surface area contributed by atoms with Crippen molar-refractivity contribution in [1.82, 2.24) is 15.0 Å². The molecule has 4 heteroatoms. The van der Waals surface area contributed by atoms with Crippen LogP contribution in [0.2, 0.25) is 0 Å². The van der Waals surface area contributed by atoms with Crippen molar-refractivity contribution in [3.05, 3.63) is 199 Å². The molecule has 0 spiro atoms. The van der Waals surface area contributed by atoms with E-state index in [9.17, 15) is 0 Å². The summed E-state index contributed by atoms with van der Waals surface area (Å²) in [6, 6.07) is 66.1. The third kappa shape index (κ3) is 5.64. The van der Waals surface area contributed by atoms with Crippen molar-refractivity contribution in [2.45, 2.75) is 19.3 Å². The van der Waals surface area contributed by atoms with E-state index in [0.29, 0.717) is 17.5 Å². The summed E-state index contributed by atoms with van der Waals surface area (Å²) in [5, 5.41) is 2.15. The average Bonchev–Trinajstić information content (AvgIpc) is 3.78. The summed E-state index contributed by atoms with van der Waals surface area (Å²) in [5.74, 6) is 1.80. The van der Waals surface area contributed by atoms with Gasteiger partial charge >= 0.3 is 0 Å². The van der Waals surface area contributed by atoms with E-state index in [-0.39, 0.29) is 5.41 Å². The minimum atomic E-state index is -0.0633. The van der Waals surface area contributed by atoms with Crippen molar-refractivity contribution in [2.75, 3.05) is 0 Å². The molecule has 0 aliphatic heterocycles. The number of hydrogen-bond acceptors (Lipinski definition) is 4. The summed E-state index contributed by atoms with van der Waals surface area (Å²) in [7, 11) is 0. The molecule has 274 valence electrons. The number of aromatic nitrogens is 3. The minimum absolute atomic E-state index is 0.0633. The molecule has 0 amide bonds. The molecule has 0 radical (unpaired) electrons. The van der Waals surface area contributed by atoms with Crippen LogP contribution in [-0.2, 0) is 5.41 Å². The largest absolute Gasteiger partial charge is 0.456 e. The lowest BCUT2D eigenvalue weighted by Gasteiger charge is -2.21. The monoisotopic (exact) mass is 743 g/mol. The maximum atomic E-state index is 6.53. The number of benzene rings is 8. The first-order valence-electron chi connectivity index (χ1n) is 19.8. The lowest BCUT2D eigenvalue weighted by molar-refractivity contribution is 0.660. The third-order valence-corrected chi connectivity index (χ3v) is 11.7. The molecule has 0 unspecified atom stereocenters. The van der Waals surface area contributed by atoms with Crippen molar-refractivity contribution in [1.29, 1.82) is 0 Å². The van der Waals surface area contributed by atoms with Crippen LogP contribution < -0.4 is 0 Å². The van der Waals surface area contributed by atoms with Gasteiger partial charge in [-0.25, -0.2) is 15.0 Å². The zero-order chi connectivity index (χ0) is 38.8. The minimum Gasteiger partial charge on any atom is -0.456 e. The quantitative estimate of drug-likeness (QED) is 0.170. The number of nitrogens with zero attached hydrogens (tertiary/aromatic N) is 3. The van der Waals surface area contributed by atoms with Gasteiger partial charge in [0.15, 0.2) is 17.5 Å². The molecule has 0 fully saturated rings. The van der Waals surface area contributed by atoms with Crippen molar-refractivity contribution >= 4 is 21.9 Å². The van der Waals surface area contributed by atoms with Gasteiger partial charge in [-0.3, -0.25) is 0 Å². The molecule has 8 aromatic carbocycles. The first-order valence-corrected chi connectivity index (χ1v) is 19.8. The second-order valence-electron chi connectivity index (χ2n) is 15.6. The summed E-state index contributed by atoms with van der Waals surface area (Å²) in [6.45, 7) is 4.64. The zero-order valence-corrected chi connectivity index (χ0v) is 32.1. The highest BCUT2D eigenvalue weighted by Gasteiger charge is 2.35. The summed E-state index contributed by atoms with van der Waals surface area (Å²) in [6.07, 6.45) is 0. The van der Waals surface area contributed by atoms with Crippen molar-refractivity contribution in [2.24, 2.45) is 0 Å². The normalized spacial score (nSPS) is 12.8. The predicted octanol–water partition coefficient (Wildman–Crippen LogP) is 14.1.